The third-order valence-corrected chi connectivity index (χ3v) is 7.06. The molecule has 0 aliphatic rings. The van der Waals surface area contributed by atoms with Crippen molar-refractivity contribution in [2.75, 3.05) is 17.1 Å². The van der Waals surface area contributed by atoms with E-state index < -0.39 is 28.5 Å². The molecule has 0 unspecified atom stereocenters. The molecule has 2 atom stereocenters. The van der Waals surface area contributed by atoms with Crippen LogP contribution in [0.3, 0.4) is 0 Å². The topological polar surface area (TPSA) is 86.8 Å². The molecule has 0 heterocycles. The highest BCUT2D eigenvalue weighted by Gasteiger charge is 2.32. The molecule has 2 aromatic rings. The van der Waals surface area contributed by atoms with Gasteiger partial charge in [-0.05, 0) is 49.9 Å². The summed E-state index contributed by atoms with van der Waals surface area (Å²) in [6.07, 6.45) is 2.19. The zero-order valence-electron chi connectivity index (χ0n) is 20.4. The van der Waals surface area contributed by atoms with Gasteiger partial charge in [0.2, 0.25) is 21.8 Å². The third kappa shape index (κ3) is 7.46. The van der Waals surface area contributed by atoms with Crippen LogP contribution in [0, 0.1) is 6.92 Å². The number of hydrogen-bond acceptors (Lipinski definition) is 4. The number of nitrogens with zero attached hydrogens (tertiary/aromatic N) is 2. The highest BCUT2D eigenvalue weighted by atomic mass is 35.5. The van der Waals surface area contributed by atoms with Gasteiger partial charge in [-0.1, -0.05) is 61.8 Å². The maximum atomic E-state index is 13.6. The fourth-order valence-corrected chi connectivity index (χ4v) is 4.65. The summed E-state index contributed by atoms with van der Waals surface area (Å²) in [6, 6.07) is 13.4. The van der Waals surface area contributed by atoms with Crippen LogP contribution in [0.25, 0.3) is 0 Å². The smallest absolute Gasteiger partial charge is 0.244 e. The van der Waals surface area contributed by atoms with E-state index in [0.29, 0.717) is 22.7 Å². The van der Waals surface area contributed by atoms with Crippen molar-refractivity contribution < 1.29 is 18.0 Å². The van der Waals surface area contributed by atoms with Gasteiger partial charge in [-0.2, -0.15) is 0 Å². The molecule has 0 saturated carbocycles. The minimum absolute atomic E-state index is 0.0446. The summed E-state index contributed by atoms with van der Waals surface area (Å²) in [6.45, 7) is 7.20. The van der Waals surface area contributed by atoms with Crippen LogP contribution in [0.15, 0.2) is 48.5 Å². The molecule has 7 nitrogen and oxygen atoms in total. The number of nitrogens with one attached hydrogen (secondary N) is 1. The van der Waals surface area contributed by atoms with E-state index >= 15 is 0 Å². The number of aryl methyl sites for hydroxylation is 1. The van der Waals surface area contributed by atoms with Crippen molar-refractivity contribution in [1.29, 1.82) is 0 Å². The predicted molar refractivity (Wildman–Crippen MR) is 137 cm³/mol. The summed E-state index contributed by atoms with van der Waals surface area (Å²) in [4.78, 5) is 28.2. The van der Waals surface area contributed by atoms with Crippen molar-refractivity contribution in [1.82, 2.24) is 10.2 Å². The second-order valence-corrected chi connectivity index (χ2v) is 10.8. The monoisotopic (exact) mass is 507 g/mol. The zero-order chi connectivity index (χ0) is 25.5. The molecular weight excluding hydrogens is 474 g/mol. The van der Waals surface area contributed by atoms with E-state index in [9.17, 15) is 18.0 Å². The Morgan fingerprint density at radius 2 is 1.71 bits per heavy atom. The molecule has 0 saturated heterocycles. The summed E-state index contributed by atoms with van der Waals surface area (Å²) in [5, 5.41) is 3.31. The maximum absolute atomic E-state index is 13.6. The van der Waals surface area contributed by atoms with Gasteiger partial charge in [0.05, 0.1) is 11.9 Å². The third-order valence-electron chi connectivity index (χ3n) is 5.70. The Hall–Kier alpha value is -2.58. The lowest BCUT2D eigenvalue weighted by Crippen LogP contribution is -2.53. The number of sulfonamides is 1. The van der Waals surface area contributed by atoms with Crippen molar-refractivity contribution in [3.05, 3.63) is 64.7 Å². The van der Waals surface area contributed by atoms with E-state index in [2.05, 4.69) is 5.32 Å². The van der Waals surface area contributed by atoms with Gasteiger partial charge in [-0.3, -0.25) is 13.9 Å². The van der Waals surface area contributed by atoms with Gasteiger partial charge >= 0.3 is 0 Å². The molecule has 0 fully saturated rings. The van der Waals surface area contributed by atoms with Crippen LogP contribution in [0.1, 0.15) is 44.7 Å². The van der Waals surface area contributed by atoms with Crippen LogP contribution in [0.5, 0.6) is 0 Å². The number of rotatable bonds is 11. The van der Waals surface area contributed by atoms with Crippen LogP contribution in [-0.2, 0) is 26.2 Å². The number of carbonyl (C=O) groups is 2. The number of amides is 2. The molecule has 0 bridgehead atoms. The second kappa shape index (κ2) is 12.2. The van der Waals surface area contributed by atoms with Crippen LogP contribution >= 0.6 is 11.6 Å². The Balaban J connectivity index is 2.45. The fraction of sp³-hybridized carbons (Fsp3) is 0.440. The van der Waals surface area contributed by atoms with Gasteiger partial charge in [-0.15, -0.1) is 0 Å². The summed E-state index contributed by atoms with van der Waals surface area (Å²) >= 11 is 6.12. The molecule has 0 spiro atoms. The second-order valence-electron chi connectivity index (χ2n) is 8.45. The van der Waals surface area contributed by atoms with Crippen LogP contribution in [-0.4, -0.2) is 50.0 Å². The van der Waals surface area contributed by atoms with E-state index in [1.807, 2.05) is 51.1 Å². The van der Waals surface area contributed by atoms with Gasteiger partial charge in [0.15, 0.2) is 0 Å². The average Bonchev–Trinajstić information content (AvgIpc) is 2.78. The summed E-state index contributed by atoms with van der Waals surface area (Å²) in [5.41, 5.74) is 1.84. The highest BCUT2D eigenvalue weighted by molar-refractivity contribution is 7.92. The molecule has 1 N–H and O–H groups in total. The Labute approximate surface area is 208 Å². The first kappa shape index (κ1) is 27.7. The normalized spacial score (nSPS) is 13.1. The molecule has 9 heteroatoms. The maximum Gasteiger partial charge on any atom is 0.244 e. The van der Waals surface area contributed by atoms with Gasteiger partial charge in [0, 0.05) is 17.6 Å². The minimum atomic E-state index is -3.81. The van der Waals surface area contributed by atoms with Crippen molar-refractivity contribution >= 4 is 39.1 Å². The lowest BCUT2D eigenvalue weighted by atomic mass is 10.1. The number of halogens is 1. The number of carbonyl (C=O) groups excluding carboxylic acids is 2. The fourth-order valence-electron chi connectivity index (χ4n) is 3.59. The summed E-state index contributed by atoms with van der Waals surface area (Å²) in [5.74, 6) is -0.731. The van der Waals surface area contributed by atoms with E-state index in [1.54, 1.807) is 19.1 Å². The predicted octanol–water partition coefficient (Wildman–Crippen LogP) is 4.14. The average molecular weight is 508 g/mol. The highest BCUT2D eigenvalue weighted by Crippen LogP contribution is 2.27. The molecule has 0 aromatic heterocycles. The Morgan fingerprint density at radius 3 is 2.26 bits per heavy atom. The molecule has 34 heavy (non-hydrogen) atoms. The van der Waals surface area contributed by atoms with Crippen molar-refractivity contribution in [3.8, 4) is 0 Å². The van der Waals surface area contributed by atoms with Crippen molar-refractivity contribution in [3.63, 3.8) is 0 Å². The van der Waals surface area contributed by atoms with Crippen LogP contribution in [0.2, 0.25) is 5.02 Å². The molecule has 0 aliphatic heterocycles. The first-order valence-corrected chi connectivity index (χ1v) is 13.6. The van der Waals surface area contributed by atoms with E-state index in [4.69, 9.17) is 11.6 Å². The van der Waals surface area contributed by atoms with E-state index in [-0.39, 0.29) is 18.5 Å². The first-order valence-electron chi connectivity index (χ1n) is 11.4. The van der Waals surface area contributed by atoms with Crippen LogP contribution < -0.4 is 9.62 Å². The minimum Gasteiger partial charge on any atom is -0.352 e. The lowest BCUT2D eigenvalue weighted by molar-refractivity contribution is -0.140. The molecule has 2 aromatic carbocycles. The molecule has 2 amide bonds. The lowest BCUT2D eigenvalue weighted by Gasteiger charge is -2.33. The zero-order valence-corrected chi connectivity index (χ0v) is 22.0. The quantitative estimate of drug-likeness (QED) is 0.495. The molecule has 186 valence electrons. The largest absolute Gasteiger partial charge is 0.352 e. The number of benzene rings is 2. The summed E-state index contributed by atoms with van der Waals surface area (Å²) < 4.78 is 26.5. The van der Waals surface area contributed by atoms with Gasteiger partial charge in [-0.25, -0.2) is 8.42 Å². The Morgan fingerprint density at radius 1 is 1.06 bits per heavy atom. The molecule has 0 radical (unpaired) electrons. The van der Waals surface area contributed by atoms with E-state index in [0.717, 1.165) is 22.5 Å². The molecular formula is C25H34ClN3O4S. The SMILES string of the molecule is CC[C@H](C)NC(=O)[C@H](CC)N(Cc1ccccc1)C(=O)CN(c1cc(Cl)ccc1C)S(C)(=O)=O. The van der Waals surface area contributed by atoms with Gasteiger partial charge < -0.3 is 10.2 Å². The molecule has 0 aliphatic carbocycles. The first-order chi connectivity index (χ1) is 16.0. The van der Waals surface area contributed by atoms with Crippen molar-refractivity contribution in [2.24, 2.45) is 0 Å². The van der Waals surface area contributed by atoms with Crippen LogP contribution in [0.4, 0.5) is 5.69 Å². The number of anilines is 1. The summed E-state index contributed by atoms with van der Waals surface area (Å²) in [7, 11) is -3.81. The molecule has 2 rings (SSSR count). The van der Waals surface area contributed by atoms with Gasteiger partial charge in [0.25, 0.3) is 0 Å². The van der Waals surface area contributed by atoms with E-state index in [1.165, 1.54) is 11.0 Å². The van der Waals surface area contributed by atoms with Crippen molar-refractivity contribution in [2.45, 2.75) is 59.2 Å². The Bertz CT molecular complexity index is 1090. The standard InChI is InChI=1S/C25H34ClN3O4S/c1-6-19(4)27-25(31)22(7-2)28(16-20-11-9-8-10-12-20)24(30)17-29(34(5,32)33)23-15-21(26)14-13-18(23)3/h8-15,19,22H,6-7,16-17H2,1-5H3,(H,27,31)/t19-,22-/m0/s1. The Kier molecular flexibility index (Phi) is 9.94. The number of hydrogen-bond donors (Lipinski definition) is 1. The van der Waals surface area contributed by atoms with Gasteiger partial charge in [0.1, 0.15) is 12.6 Å².